The van der Waals surface area contributed by atoms with E-state index < -0.39 is 54.2 Å². The summed E-state index contributed by atoms with van der Waals surface area (Å²) in [6.45, 7) is 4.00. The van der Waals surface area contributed by atoms with Gasteiger partial charge in [-0.15, -0.1) is 0 Å². The van der Waals surface area contributed by atoms with Crippen LogP contribution in [0.25, 0.3) is 16.6 Å². The Balaban J connectivity index is 2.03. The SMILES string of the molecule is COc1ccc(-n2c(C3CC(C(F)(F)F)CN3C(=O)OC(C)(C)C)nc3c(Br)cc(C#N)cc3c2=O)cc1F. The zero-order valence-electron chi connectivity index (χ0n) is 21.3. The molecule has 1 fully saturated rings. The van der Waals surface area contributed by atoms with E-state index in [2.05, 4.69) is 20.9 Å². The summed E-state index contributed by atoms with van der Waals surface area (Å²) in [5, 5.41) is 9.35. The minimum atomic E-state index is -4.65. The van der Waals surface area contributed by atoms with Crippen LogP contribution in [-0.4, -0.2) is 46.0 Å². The van der Waals surface area contributed by atoms with E-state index in [4.69, 9.17) is 9.47 Å². The largest absolute Gasteiger partial charge is 0.494 e. The first-order valence-electron chi connectivity index (χ1n) is 11.7. The van der Waals surface area contributed by atoms with Crippen molar-refractivity contribution in [2.24, 2.45) is 5.92 Å². The fourth-order valence-corrected chi connectivity index (χ4v) is 4.99. The Morgan fingerprint density at radius 1 is 1.21 bits per heavy atom. The van der Waals surface area contributed by atoms with Crippen LogP contribution in [0.3, 0.4) is 0 Å². The highest BCUT2D eigenvalue weighted by Gasteiger charge is 2.51. The number of rotatable bonds is 3. The van der Waals surface area contributed by atoms with Crippen molar-refractivity contribution >= 4 is 32.9 Å². The Hall–Kier alpha value is -3.66. The van der Waals surface area contributed by atoms with E-state index in [9.17, 15) is 32.4 Å². The Morgan fingerprint density at radius 2 is 1.90 bits per heavy atom. The summed E-state index contributed by atoms with van der Waals surface area (Å²) in [6.07, 6.45) is -6.27. The standard InChI is InChI=1S/C26H23BrF4N4O4/c1-25(2,3)39-24(37)34-12-14(26(29,30)31)9-19(34)22-33-21-16(7-13(11-32)8-17(21)27)23(36)35(22)15-5-6-20(38-4)18(28)10-15/h5-8,10,14,19H,9,12H2,1-4H3. The maximum atomic E-state index is 14.7. The first kappa shape index (κ1) is 28.4. The lowest BCUT2D eigenvalue weighted by molar-refractivity contribution is -0.170. The molecule has 0 bridgehead atoms. The topological polar surface area (TPSA) is 97.4 Å². The molecule has 206 valence electrons. The first-order chi connectivity index (χ1) is 18.1. The molecule has 39 heavy (non-hydrogen) atoms. The van der Waals surface area contributed by atoms with Gasteiger partial charge in [0.25, 0.3) is 5.56 Å². The fraction of sp³-hybridized carbons (Fsp3) is 0.385. The van der Waals surface area contributed by atoms with Gasteiger partial charge in [0.05, 0.1) is 47.3 Å². The van der Waals surface area contributed by atoms with Gasteiger partial charge in [0.1, 0.15) is 11.4 Å². The predicted molar refractivity (Wildman–Crippen MR) is 136 cm³/mol. The molecule has 1 amide bonds. The van der Waals surface area contributed by atoms with Crippen molar-refractivity contribution in [2.45, 2.75) is 45.0 Å². The lowest BCUT2D eigenvalue weighted by atomic mass is 10.0. The van der Waals surface area contributed by atoms with Gasteiger partial charge in [-0.2, -0.15) is 18.4 Å². The molecule has 2 heterocycles. The Bertz CT molecular complexity index is 1560. The highest BCUT2D eigenvalue weighted by Crippen LogP contribution is 2.44. The third kappa shape index (κ3) is 5.56. The molecule has 3 aromatic rings. The van der Waals surface area contributed by atoms with E-state index in [1.54, 1.807) is 20.8 Å². The number of aromatic nitrogens is 2. The van der Waals surface area contributed by atoms with Gasteiger partial charge < -0.3 is 9.47 Å². The lowest BCUT2D eigenvalue weighted by Gasteiger charge is -2.29. The van der Waals surface area contributed by atoms with Crippen LogP contribution in [0.15, 0.2) is 39.6 Å². The van der Waals surface area contributed by atoms with Crippen LogP contribution in [0.2, 0.25) is 0 Å². The van der Waals surface area contributed by atoms with Crippen LogP contribution in [0, 0.1) is 23.1 Å². The molecule has 1 saturated heterocycles. The van der Waals surface area contributed by atoms with Crippen LogP contribution in [-0.2, 0) is 4.74 Å². The summed E-state index contributed by atoms with van der Waals surface area (Å²) in [6, 6.07) is 6.86. The number of likely N-dealkylation sites (tertiary alicyclic amines) is 1. The molecule has 4 rings (SSSR count). The summed E-state index contributed by atoms with van der Waals surface area (Å²) in [5.74, 6) is -3.10. The van der Waals surface area contributed by atoms with Gasteiger partial charge in [-0.1, -0.05) is 0 Å². The molecule has 1 aromatic heterocycles. The molecule has 2 unspecified atom stereocenters. The zero-order valence-corrected chi connectivity index (χ0v) is 22.9. The quantitative estimate of drug-likeness (QED) is 0.336. The van der Waals surface area contributed by atoms with Crippen LogP contribution in [0.5, 0.6) is 5.75 Å². The van der Waals surface area contributed by atoms with E-state index in [0.717, 1.165) is 15.5 Å². The number of hydrogen-bond donors (Lipinski definition) is 0. The number of halogens is 5. The molecular weight excluding hydrogens is 588 g/mol. The van der Waals surface area contributed by atoms with Crippen LogP contribution < -0.4 is 10.3 Å². The Kier molecular flexibility index (Phi) is 7.37. The number of alkyl halides is 3. The average Bonchev–Trinajstić information content (AvgIpc) is 3.29. The molecular formula is C26H23BrF4N4O4. The van der Waals surface area contributed by atoms with Gasteiger partial charge in [0.15, 0.2) is 11.6 Å². The van der Waals surface area contributed by atoms with Crippen LogP contribution in [0.1, 0.15) is 44.6 Å². The number of fused-ring (bicyclic) bond motifs is 1. The molecule has 0 N–H and O–H groups in total. The Labute approximate surface area is 228 Å². The highest BCUT2D eigenvalue weighted by atomic mass is 79.9. The van der Waals surface area contributed by atoms with E-state index in [0.29, 0.717) is 0 Å². The van der Waals surface area contributed by atoms with Gasteiger partial charge in [-0.25, -0.2) is 14.2 Å². The second kappa shape index (κ2) is 10.1. The second-order valence-electron chi connectivity index (χ2n) is 10.0. The number of methoxy groups -OCH3 is 1. The van der Waals surface area contributed by atoms with E-state index >= 15 is 0 Å². The molecule has 1 aliphatic rings. The zero-order chi connectivity index (χ0) is 28.9. The lowest BCUT2D eigenvalue weighted by Crippen LogP contribution is -2.39. The molecule has 2 aromatic carbocycles. The van der Waals surface area contributed by atoms with Gasteiger partial charge >= 0.3 is 12.3 Å². The van der Waals surface area contributed by atoms with Crippen molar-refractivity contribution in [3.05, 3.63) is 62.4 Å². The number of nitrogens with zero attached hydrogens (tertiary/aromatic N) is 4. The van der Waals surface area contributed by atoms with Crippen molar-refractivity contribution in [2.75, 3.05) is 13.7 Å². The van der Waals surface area contributed by atoms with Gasteiger partial charge in [-0.05, 0) is 67.4 Å². The van der Waals surface area contributed by atoms with E-state index in [-0.39, 0.29) is 38.2 Å². The van der Waals surface area contributed by atoms with Crippen LogP contribution in [0.4, 0.5) is 22.4 Å². The smallest absolute Gasteiger partial charge is 0.410 e. The predicted octanol–water partition coefficient (Wildman–Crippen LogP) is 6.03. The van der Waals surface area contributed by atoms with Gasteiger partial charge in [0, 0.05) is 17.1 Å². The number of amides is 1. The number of carbonyl (C=O) groups is 1. The fourth-order valence-electron chi connectivity index (χ4n) is 4.44. The normalized spacial score (nSPS) is 17.8. The van der Waals surface area contributed by atoms with Crippen molar-refractivity contribution in [3.8, 4) is 17.5 Å². The maximum absolute atomic E-state index is 14.7. The minimum Gasteiger partial charge on any atom is -0.494 e. The Morgan fingerprint density at radius 3 is 2.46 bits per heavy atom. The maximum Gasteiger partial charge on any atom is 0.410 e. The van der Waals surface area contributed by atoms with Crippen molar-refractivity contribution in [1.82, 2.24) is 14.5 Å². The van der Waals surface area contributed by atoms with Crippen molar-refractivity contribution < 1.29 is 31.8 Å². The van der Waals surface area contributed by atoms with E-state index in [1.165, 1.54) is 31.4 Å². The number of nitriles is 1. The summed E-state index contributed by atoms with van der Waals surface area (Å²) in [5.41, 5.74) is -1.64. The number of carbonyl (C=O) groups excluding carboxylic acids is 1. The average molecular weight is 611 g/mol. The number of benzene rings is 2. The van der Waals surface area contributed by atoms with Gasteiger partial charge in [-0.3, -0.25) is 14.3 Å². The second-order valence-corrected chi connectivity index (χ2v) is 10.9. The molecule has 0 radical (unpaired) electrons. The number of hydrogen-bond acceptors (Lipinski definition) is 6. The molecule has 8 nitrogen and oxygen atoms in total. The molecule has 0 aliphatic carbocycles. The van der Waals surface area contributed by atoms with E-state index in [1.807, 2.05) is 6.07 Å². The summed E-state index contributed by atoms with van der Waals surface area (Å²) in [7, 11) is 1.25. The molecule has 0 spiro atoms. The number of ether oxygens (including phenoxy) is 2. The highest BCUT2D eigenvalue weighted by molar-refractivity contribution is 9.10. The molecule has 13 heteroatoms. The molecule has 2 atom stereocenters. The monoisotopic (exact) mass is 610 g/mol. The summed E-state index contributed by atoms with van der Waals surface area (Å²) < 4.78 is 68.0. The molecule has 1 aliphatic heterocycles. The van der Waals surface area contributed by atoms with Crippen molar-refractivity contribution in [3.63, 3.8) is 0 Å². The third-order valence-corrected chi connectivity index (χ3v) is 6.77. The van der Waals surface area contributed by atoms with Crippen molar-refractivity contribution in [1.29, 1.82) is 5.26 Å². The van der Waals surface area contributed by atoms with Gasteiger partial charge in [0.2, 0.25) is 0 Å². The summed E-state index contributed by atoms with van der Waals surface area (Å²) in [4.78, 5) is 32.4. The minimum absolute atomic E-state index is 0.0323. The summed E-state index contributed by atoms with van der Waals surface area (Å²) >= 11 is 3.28. The molecule has 0 saturated carbocycles. The first-order valence-corrected chi connectivity index (χ1v) is 12.5. The third-order valence-electron chi connectivity index (χ3n) is 6.17. The van der Waals surface area contributed by atoms with Crippen LogP contribution >= 0.6 is 15.9 Å².